The summed E-state index contributed by atoms with van der Waals surface area (Å²) in [5.41, 5.74) is 0. The molecule has 1 saturated heterocycles. The van der Waals surface area contributed by atoms with Crippen LogP contribution in [0.4, 0.5) is 0 Å². The van der Waals surface area contributed by atoms with Gasteiger partial charge in [0.2, 0.25) is 5.91 Å². The topological polar surface area (TPSA) is 35.6 Å². The fourth-order valence-electron chi connectivity index (χ4n) is 2.42. The molecule has 1 aliphatic rings. The Morgan fingerprint density at radius 3 is 2.47 bits per heavy atom. The molecule has 0 saturated carbocycles. The van der Waals surface area contributed by atoms with Gasteiger partial charge in [-0.1, -0.05) is 27.2 Å². The first-order valence-corrected chi connectivity index (χ1v) is 6.92. The lowest BCUT2D eigenvalue weighted by molar-refractivity contribution is -0.130. The lowest BCUT2D eigenvalue weighted by Crippen LogP contribution is -2.42. The van der Waals surface area contributed by atoms with Crippen LogP contribution in [0.5, 0.6) is 0 Å². The van der Waals surface area contributed by atoms with Crippen molar-refractivity contribution in [2.45, 2.75) is 52.7 Å². The van der Waals surface area contributed by atoms with Crippen LogP contribution in [0.15, 0.2) is 0 Å². The van der Waals surface area contributed by atoms with E-state index >= 15 is 0 Å². The van der Waals surface area contributed by atoms with Gasteiger partial charge < -0.3 is 9.80 Å². The monoisotopic (exact) mass is 241 g/mol. The second kappa shape index (κ2) is 6.97. The molecule has 1 fully saturated rings. The molecule has 2 atom stereocenters. The van der Waals surface area contributed by atoms with Crippen LogP contribution < -0.4 is 5.32 Å². The van der Waals surface area contributed by atoms with Gasteiger partial charge in [0, 0.05) is 13.1 Å². The number of amides is 1. The highest BCUT2D eigenvalue weighted by atomic mass is 16.2. The molecule has 1 heterocycles. The first-order chi connectivity index (χ1) is 8.13. The van der Waals surface area contributed by atoms with Crippen molar-refractivity contribution in [3.8, 4) is 0 Å². The lowest BCUT2D eigenvalue weighted by atomic mass is 10.2. The largest absolute Gasteiger partial charge is 0.325 e. The number of likely N-dealkylation sites (N-methyl/N-ethyl adjacent to an activating group) is 1. The Morgan fingerprint density at radius 2 is 1.94 bits per heavy atom. The summed E-state index contributed by atoms with van der Waals surface area (Å²) in [6, 6.07) is -0.0109. The average molecular weight is 241 g/mol. The quantitative estimate of drug-likeness (QED) is 0.729. The average Bonchev–Trinajstić information content (AvgIpc) is 2.58. The highest BCUT2D eigenvalue weighted by Gasteiger charge is 2.35. The van der Waals surface area contributed by atoms with Gasteiger partial charge in [0.25, 0.3) is 0 Å². The predicted octanol–water partition coefficient (Wildman–Crippen LogP) is 1.27. The Morgan fingerprint density at radius 1 is 1.29 bits per heavy atom. The Balaban J connectivity index is 2.50. The van der Waals surface area contributed by atoms with Crippen LogP contribution in [-0.4, -0.2) is 54.1 Å². The molecule has 4 heteroatoms. The highest BCUT2D eigenvalue weighted by Crippen LogP contribution is 2.14. The minimum atomic E-state index is -0.0109. The zero-order chi connectivity index (χ0) is 12.8. The van der Waals surface area contributed by atoms with Crippen molar-refractivity contribution in [1.82, 2.24) is 15.1 Å². The fraction of sp³-hybridized carbons (Fsp3) is 0.923. The van der Waals surface area contributed by atoms with E-state index in [-0.39, 0.29) is 18.1 Å². The van der Waals surface area contributed by atoms with Crippen molar-refractivity contribution < 1.29 is 4.79 Å². The van der Waals surface area contributed by atoms with Crippen LogP contribution in [0.3, 0.4) is 0 Å². The maximum Gasteiger partial charge on any atom is 0.240 e. The van der Waals surface area contributed by atoms with Crippen LogP contribution in [0.25, 0.3) is 0 Å². The van der Waals surface area contributed by atoms with Gasteiger partial charge in [-0.05, 0) is 26.4 Å². The zero-order valence-electron chi connectivity index (χ0n) is 11.7. The first kappa shape index (κ1) is 14.5. The van der Waals surface area contributed by atoms with Gasteiger partial charge in [-0.2, -0.15) is 0 Å². The van der Waals surface area contributed by atoms with Crippen LogP contribution in [0, 0.1) is 0 Å². The predicted molar refractivity (Wildman–Crippen MR) is 70.8 cm³/mol. The van der Waals surface area contributed by atoms with Crippen molar-refractivity contribution >= 4 is 5.91 Å². The van der Waals surface area contributed by atoms with Gasteiger partial charge in [-0.15, -0.1) is 0 Å². The molecule has 0 radical (unpaired) electrons. The number of hydrogen-bond acceptors (Lipinski definition) is 3. The first-order valence-electron chi connectivity index (χ1n) is 6.92. The number of carbonyl (C=O) groups excluding carboxylic acids is 1. The molecule has 100 valence electrons. The van der Waals surface area contributed by atoms with Crippen molar-refractivity contribution in [3.63, 3.8) is 0 Å². The number of carbonyl (C=O) groups is 1. The van der Waals surface area contributed by atoms with E-state index in [9.17, 15) is 4.79 Å². The van der Waals surface area contributed by atoms with Crippen LogP contribution in [0.2, 0.25) is 0 Å². The summed E-state index contributed by atoms with van der Waals surface area (Å²) in [6.45, 7) is 12.4. The summed E-state index contributed by atoms with van der Waals surface area (Å²) >= 11 is 0. The SMILES string of the molecule is CCCC1NC(C)C(=O)N1CCN(CC)CC. The minimum Gasteiger partial charge on any atom is -0.325 e. The Hall–Kier alpha value is -0.610. The Bertz CT molecular complexity index is 241. The molecule has 2 unspecified atom stereocenters. The van der Waals surface area contributed by atoms with Gasteiger partial charge in [0.05, 0.1) is 12.2 Å². The van der Waals surface area contributed by atoms with E-state index in [1.54, 1.807) is 0 Å². The summed E-state index contributed by atoms with van der Waals surface area (Å²) in [5, 5.41) is 3.37. The summed E-state index contributed by atoms with van der Waals surface area (Å²) in [5.74, 6) is 0.260. The summed E-state index contributed by atoms with van der Waals surface area (Å²) in [4.78, 5) is 16.4. The maximum atomic E-state index is 12.0. The second-order valence-corrected chi connectivity index (χ2v) is 4.75. The third-order valence-corrected chi connectivity index (χ3v) is 3.59. The third-order valence-electron chi connectivity index (χ3n) is 3.59. The highest BCUT2D eigenvalue weighted by molar-refractivity contribution is 5.83. The van der Waals surface area contributed by atoms with E-state index in [1.165, 1.54) is 0 Å². The van der Waals surface area contributed by atoms with E-state index in [0.717, 1.165) is 39.0 Å². The second-order valence-electron chi connectivity index (χ2n) is 4.75. The van der Waals surface area contributed by atoms with Crippen molar-refractivity contribution in [2.75, 3.05) is 26.2 Å². The smallest absolute Gasteiger partial charge is 0.240 e. The molecule has 0 aliphatic carbocycles. The molecule has 1 rings (SSSR count). The van der Waals surface area contributed by atoms with Crippen LogP contribution >= 0.6 is 0 Å². The maximum absolute atomic E-state index is 12.0. The molecular formula is C13H27N3O. The summed E-state index contributed by atoms with van der Waals surface area (Å²) < 4.78 is 0. The van der Waals surface area contributed by atoms with Gasteiger partial charge >= 0.3 is 0 Å². The molecule has 0 bridgehead atoms. The van der Waals surface area contributed by atoms with Crippen molar-refractivity contribution in [2.24, 2.45) is 0 Å². The van der Waals surface area contributed by atoms with E-state index in [4.69, 9.17) is 0 Å². The van der Waals surface area contributed by atoms with Gasteiger partial charge in [0.1, 0.15) is 0 Å². The minimum absolute atomic E-state index is 0.0109. The normalized spacial score (nSPS) is 25.0. The molecule has 0 spiro atoms. The van der Waals surface area contributed by atoms with Crippen molar-refractivity contribution in [3.05, 3.63) is 0 Å². The Labute approximate surface area is 105 Å². The van der Waals surface area contributed by atoms with E-state index in [2.05, 4.69) is 31.0 Å². The molecule has 4 nitrogen and oxygen atoms in total. The van der Waals surface area contributed by atoms with Gasteiger partial charge in [0.15, 0.2) is 0 Å². The van der Waals surface area contributed by atoms with E-state index in [0.29, 0.717) is 0 Å². The van der Waals surface area contributed by atoms with Crippen molar-refractivity contribution in [1.29, 1.82) is 0 Å². The van der Waals surface area contributed by atoms with Gasteiger partial charge in [-0.3, -0.25) is 10.1 Å². The molecule has 0 aromatic carbocycles. The standard InChI is InChI=1S/C13H27N3O/c1-5-8-12-14-11(4)13(17)16(12)10-9-15(6-2)7-3/h11-12,14H,5-10H2,1-4H3. The number of nitrogens with zero attached hydrogens (tertiary/aromatic N) is 2. The number of rotatable bonds is 7. The lowest BCUT2D eigenvalue weighted by Gasteiger charge is -2.27. The Kier molecular flexibility index (Phi) is 5.92. The molecule has 1 amide bonds. The molecule has 17 heavy (non-hydrogen) atoms. The summed E-state index contributed by atoms with van der Waals surface area (Å²) in [7, 11) is 0. The van der Waals surface area contributed by atoms with E-state index < -0.39 is 0 Å². The fourth-order valence-corrected chi connectivity index (χ4v) is 2.42. The molecular weight excluding hydrogens is 214 g/mol. The summed E-state index contributed by atoms with van der Waals surface area (Å²) in [6.07, 6.45) is 2.41. The van der Waals surface area contributed by atoms with Crippen LogP contribution in [-0.2, 0) is 4.79 Å². The molecule has 1 N–H and O–H groups in total. The molecule has 0 aromatic heterocycles. The van der Waals surface area contributed by atoms with E-state index in [1.807, 2.05) is 11.8 Å². The number of hydrogen-bond donors (Lipinski definition) is 1. The zero-order valence-corrected chi connectivity index (χ0v) is 11.7. The third kappa shape index (κ3) is 3.68. The van der Waals surface area contributed by atoms with Crippen LogP contribution in [0.1, 0.15) is 40.5 Å². The van der Waals surface area contributed by atoms with Gasteiger partial charge in [-0.25, -0.2) is 0 Å². The number of nitrogens with one attached hydrogen (secondary N) is 1. The molecule has 1 aliphatic heterocycles. The molecule has 0 aromatic rings.